The lowest BCUT2D eigenvalue weighted by Gasteiger charge is -2.35. The topological polar surface area (TPSA) is 54.4 Å². The quantitative estimate of drug-likeness (QED) is 0.673. The molecule has 0 aromatic rings. The highest BCUT2D eigenvalue weighted by molar-refractivity contribution is 8.93. The molecule has 2 aliphatic rings. The van der Waals surface area contributed by atoms with Crippen LogP contribution in [0.25, 0.3) is 0 Å². The van der Waals surface area contributed by atoms with E-state index in [1.165, 1.54) is 0 Å². The molecule has 19 heavy (non-hydrogen) atoms. The number of amides is 1. The van der Waals surface area contributed by atoms with Gasteiger partial charge in [-0.15, -0.1) is 17.0 Å². The van der Waals surface area contributed by atoms with E-state index < -0.39 is 5.60 Å². The summed E-state index contributed by atoms with van der Waals surface area (Å²) in [4.78, 5) is 20.0. The molecule has 2 heterocycles. The van der Waals surface area contributed by atoms with Gasteiger partial charge in [-0.2, -0.15) is 0 Å². The fourth-order valence-electron chi connectivity index (χ4n) is 1.92. The lowest BCUT2D eigenvalue weighted by Crippen LogP contribution is -2.51. The molecule has 1 amide bonds. The Morgan fingerprint density at radius 3 is 2.37 bits per heavy atom. The predicted molar refractivity (Wildman–Crippen MR) is 78.0 cm³/mol. The Bertz CT molecular complexity index is 347. The van der Waals surface area contributed by atoms with E-state index in [4.69, 9.17) is 9.47 Å². The summed E-state index contributed by atoms with van der Waals surface area (Å²) in [5, 5.41) is 0. The smallest absolute Gasteiger partial charge is 0.410 e. The average molecular weight is 336 g/mol. The predicted octanol–water partition coefficient (Wildman–Crippen LogP) is 1.50. The summed E-state index contributed by atoms with van der Waals surface area (Å²) in [6.07, 6.45) is -0.239. The maximum atomic E-state index is 11.9. The fraction of sp³-hybridized carbons (Fsp3) is 0.833. The van der Waals surface area contributed by atoms with E-state index in [0.29, 0.717) is 19.7 Å². The van der Waals surface area contributed by atoms with Crippen molar-refractivity contribution in [1.29, 1.82) is 0 Å². The molecular weight excluding hydrogens is 314 g/mol. The summed E-state index contributed by atoms with van der Waals surface area (Å²) >= 11 is 0. The van der Waals surface area contributed by atoms with Gasteiger partial charge in [-0.05, 0) is 20.8 Å². The van der Waals surface area contributed by atoms with E-state index >= 15 is 0 Å². The van der Waals surface area contributed by atoms with E-state index in [-0.39, 0.29) is 23.1 Å². The summed E-state index contributed by atoms with van der Waals surface area (Å²) in [7, 11) is 0. The standard InChI is InChI=1S/C12H21N3O3.BrH/c1-12(2,3)18-11(16)15-7-5-14(6-8-15)10-13-4-9-17-10;/h4-9H2,1-3H3;1H. The Kier molecular flexibility index (Phi) is 5.46. The molecule has 110 valence electrons. The van der Waals surface area contributed by atoms with Gasteiger partial charge in [0.15, 0.2) is 0 Å². The molecule has 7 heteroatoms. The molecule has 2 aliphatic heterocycles. The second kappa shape index (κ2) is 6.45. The molecule has 0 aliphatic carbocycles. The Morgan fingerprint density at radius 1 is 1.26 bits per heavy atom. The van der Waals surface area contributed by atoms with Crippen LogP contribution in [0.2, 0.25) is 0 Å². The third kappa shape index (κ3) is 4.56. The second-order valence-corrected chi connectivity index (χ2v) is 5.47. The van der Waals surface area contributed by atoms with Crippen LogP contribution in [-0.4, -0.2) is 66.8 Å². The van der Waals surface area contributed by atoms with Gasteiger partial charge in [-0.3, -0.25) is 0 Å². The van der Waals surface area contributed by atoms with Gasteiger partial charge >= 0.3 is 6.09 Å². The monoisotopic (exact) mass is 335 g/mol. The molecule has 6 nitrogen and oxygen atoms in total. The number of piperazine rings is 1. The van der Waals surface area contributed by atoms with Gasteiger partial charge in [0.05, 0.1) is 6.54 Å². The lowest BCUT2D eigenvalue weighted by molar-refractivity contribution is 0.0175. The molecule has 0 bridgehead atoms. The molecular formula is C12H22BrN3O3. The average Bonchev–Trinajstić information content (AvgIpc) is 2.80. The van der Waals surface area contributed by atoms with E-state index in [1.54, 1.807) is 4.90 Å². The number of carbonyl (C=O) groups excluding carboxylic acids is 1. The number of nitrogens with zero attached hydrogens (tertiary/aromatic N) is 3. The lowest BCUT2D eigenvalue weighted by atomic mass is 10.2. The second-order valence-electron chi connectivity index (χ2n) is 5.47. The molecule has 0 aromatic carbocycles. The number of rotatable bonds is 0. The first kappa shape index (κ1) is 16.1. The highest BCUT2D eigenvalue weighted by atomic mass is 79.9. The molecule has 2 rings (SSSR count). The molecule has 0 atom stereocenters. The molecule has 0 unspecified atom stereocenters. The first-order valence-corrected chi connectivity index (χ1v) is 6.36. The van der Waals surface area contributed by atoms with Crippen LogP contribution in [-0.2, 0) is 9.47 Å². The number of ether oxygens (including phenoxy) is 2. The number of halogens is 1. The number of hydrogen-bond acceptors (Lipinski definition) is 5. The van der Waals surface area contributed by atoms with E-state index in [1.807, 2.05) is 20.8 Å². The number of aliphatic imine (C=N–C) groups is 1. The summed E-state index contributed by atoms with van der Waals surface area (Å²) in [6.45, 7) is 9.83. The van der Waals surface area contributed by atoms with Gasteiger partial charge in [0, 0.05) is 26.2 Å². The fourth-order valence-corrected chi connectivity index (χ4v) is 1.92. The zero-order valence-corrected chi connectivity index (χ0v) is 13.4. The molecule has 0 radical (unpaired) electrons. The van der Waals surface area contributed by atoms with E-state index in [9.17, 15) is 4.79 Å². The van der Waals surface area contributed by atoms with Crippen LogP contribution in [0.4, 0.5) is 4.79 Å². The largest absolute Gasteiger partial charge is 0.463 e. The zero-order valence-electron chi connectivity index (χ0n) is 11.7. The van der Waals surface area contributed by atoms with Crippen molar-refractivity contribution in [3.8, 4) is 0 Å². The maximum absolute atomic E-state index is 11.9. The molecule has 1 saturated heterocycles. The van der Waals surface area contributed by atoms with Gasteiger partial charge in [0.1, 0.15) is 12.2 Å². The highest BCUT2D eigenvalue weighted by Crippen LogP contribution is 2.12. The van der Waals surface area contributed by atoms with Crippen LogP contribution in [0, 0.1) is 0 Å². The molecule has 0 spiro atoms. The van der Waals surface area contributed by atoms with Gasteiger partial charge in [0.2, 0.25) is 0 Å². The maximum Gasteiger partial charge on any atom is 0.410 e. The summed E-state index contributed by atoms with van der Waals surface area (Å²) in [5.74, 6) is 0. The van der Waals surface area contributed by atoms with Gasteiger partial charge in [-0.25, -0.2) is 9.79 Å². The zero-order chi connectivity index (χ0) is 13.2. The van der Waals surface area contributed by atoms with E-state index in [2.05, 4.69) is 9.89 Å². The Balaban J connectivity index is 0.00000180. The van der Waals surface area contributed by atoms with Crippen LogP contribution in [0.3, 0.4) is 0 Å². The summed E-state index contributed by atoms with van der Waals surface area (Å²) in [6, 6.07) is 0.721. The van der Waals surface area contributed by atoms with Crippen molar-refractivity contribution < 1.29 is 14.3 Å². The van der Waals surface area contributed by atoms with Gasteiger partial charge in [0.25, 0.3) is 6.02 Å². The van der Waals surface area contributed by atoms with Gasteiger partial charge < -0.3 is 19.3 Å². The minimum absolute atomic E-state index is 0. The van der Waals surface area contributed by atoms with Crippen molar-refractivity contribution >= 4 is 29.1 Å². The Labute approximate surface area is 124 Å². The molecule has 0 saturated carbocycles. The Hall–Kier alpha value is -0.980. The van der Waals surface area contributed by atoms with Crippen molar-refractivity contribution in [3.63, 3.8) is 0 Å². The number of carbonyl (C=O) groups is 1. The van der Waals surface area contributed by atoms with Crippen molar-refractivity contribution in [2.75, 3.05) is 39.3 Å². The minimum Gasteiger partial charge on any atom is -0.463 e. The van der Waals surface area contributed by atoms with Crippen LogP contribution < -0.4 is 0 Å². The Morgan fingerprint density at radius 2 is 1.89 bits per heavy atom. The van der Waals surface area contributed by atoms with Crippen LogP contribution in [0.5, 0.6) is 0 Å². The van der Waals surface area contributed by atoms with Crippen molar-refractivity contribution in [2.45, 2.75) is 26.4 Å². The minimum atomic E-state index is -0.438. The van der Waals surface area contributed by atoms with E-state index in [0.717, 1.165) is 25.7 Å². The first-order chi connectivity index (χ1) is 8.46. The first-order valence-electron chi connectivity index (χ1n) is 6.36. The third-order valence-corrected chi connectivity index (χ3v) is 2.77. The SMILES string of the molecule is Br.CC(C)(C)OC(=O)N1CCN(C2=NCCO2)CC1. The van der Waals surface area contributed by atoms with Crippen molar-refractivity contribution in [3.05, 3.63) is 0 Å². The molecule has 0 N–H and O–H groups in total. The van der Waals surface area contributed by atoms with Crippen LogP contribution >= 0.6 is 17.0 Å². The normalized spacial score (nSPS) is 19.4. The van der Waals surface area contributed by atoms with Crippen molar-refractivity contribution in [1.82, 2.24) is 9.80 Å². The summed E-state index contributed by atoms with van der Waals surface area (Å²) < 4.78 is 10.8. The molecule has 0 aromatic heterocycles. The summed E-state index contributed by atoms with van der Waals surface area (Å²) in [5.41, 5.74) is -0.438. The van der Waals surface area contributed by atoms with Gasteiger partial charge in [-0.1, -0.05) is 0 Å². The molecule has 1 fully saturated rings. The van der Waals surface area contributed by atoms with Crippen LogP contribution in [0.15, 0.2) is 4.99 Å². The third-order valence-electron chi connectivity index (χ3n) is 2.77. The van der Waals surface area contributed by atoms with Crippen molar-refractivity contribution in [2.24, 2.45) is 4.99 Å². The number of hydrogen-bond donors (Lipinski definition) is 0. The number of amidine groups is 1. The van der Waals surface area contributed by atoms with Crippen LogP contribution in [0.1, 0.15) is 20.8 Å². The highest BCUT2D eigenvalue weighted by Gasteiger charge is 2.28.